The number of ether oxygens (including phenoxy) is 1. The van der Waals surface area contributed by atoms with Crippen LogP contribution in [0.25, 0.3) is 0 Å². The molecule has 3 nitrogen and oxygen atoms in total. The van der Waals surface area contributed by atoms with Gasteiger partial charge in [-0.1, -0.05) is 41.9 Å². The average molecular weight is 312 g/mol. The molecule has 1 atom stereocenters. The highest BCUT2D eigenvalue weighted by Crippen LogP contribution is 2.32. The lowest BCUT2D eigenvalue weighted by Crippen LogP contribution is -2.39. The second-order valence-corrected chi connectivity index (χ2v) is 5.79. The molecule has 0 bridgehead atoms. The minimum Gasteiger partial charge on any atom is -0.491 e. The Morgan fingerprint density at radius 1 is 1.39 bits per heavy atom. The lowest BCUT2D eigenvalue weighted by molar-refractivity contribution is -0.118. The van der Waals surface area contributed by atoms with E-state index < -0.39 is 0 Å². The molecule has 18 heavy (non-hydrogen) atoms. The van der Waals surface area contributed by atoms with Gasteiger partial charge >= 0.3 is 0 Å². The lowest BCUT2D eigenvalue weighted by Gasteiger charge is -2.25. The van der Waals surface area contributed by atoms with Crippen molar-refractivity contribution >= 4 is 27.5 Å². The van der Waals surface area contributed by atoms with E-state index >= 15 is 0 Å². The first-order valence-electron chi connectivity index (χ1n) is 6.28. The number of carbonyl (C=O) groups is 1. The van der Waals surface area contributed by atoms with Gasteiger partial charge in [0, 0.05) is 6.54 Å². The van der Waals surface area contributed by atoms with Crippen molar-refractivity contribution < 1.29 is 9.53 Å². The van der Waals surface area contributed by atoms with Gasteiger partial charge in [0.15, 0.2) is 0 Å². The number of alkyl halides is 1. The number of hydrogen-bond acceptors (Lipinski definition) is 2. The normalized spacial score (nSPS) is 16.8. The summed E-state index contributed by atoms with van der Waals surface area (Å²) in [5.74, 6) is 1.18. The molecule has 1 unspecified atom stereocenters. The van der Waals surface area contributed by atoms with Gasteiger partial charge in [0.2, 0.25) is 5.91 Å². The topological polar surface area (TPSA) is 29.5 Å². The molecule has 0 N–H and O–H groups in total. The van der Waals surface area contributed by atoms with Gasteiger partial charge in [-0.15, -0.1) is 0 Å². The van der Waals surface area contributed by atoms with Gasteiger partial charge < -0.3 is 9.64 Å². The van der Waals surface area contributed by atoms with Crippen LogP contribution in [0.3, 0.4) is 0 Å². The van der Waals surface area contributed by atoms with Gasteiger partial charge in [-0.3, -0.25) is 4.79 Å². The molecule has 1 aliphatic heterocycles. The Kier molecular flexibility index (Phi) is 4.27. The van der Waals surface area contributed by atoms with E-state index in [1.54, 1.807) is 0 Å². The summed E-state index contributed by atoms with van der Waals surface area (Å²) in [6, 6.07) is 7.73. The first-order chi connectivity index (χ1) is 8.61. The Labute approximate surface area is 116 Å². The van der Waals surface area contributed by atoms with Crippen molar-refractivity contribution in [1.29, 1.82) is 0 Å². The highest BCUT2D eigenvalue weighted by Gasteiger charge is 2.28. The molecular formula is C14H18BrNO2. The number of hydrogen-bond donors (Lipinski definition) is 0. The predicted octanol–water partition coefficient (Wildman–Crippen LogP) is 3.22. The minimum atomic E-state index is -0.149. The van der Waals surface area contributed by atoms with Gasteiger partial charge in [-0.05, 0) is 24.5 Å². The Morgan fingerprint density at radius 2 is 2.11 bits per heavy atom. The molecule has 1 aliphatic rings. The molecule has 1 aromatic rings. The first kappa shape index (κ1) is 13.4. The maximum absolute atomic E-state index is 12.5. The van der Waals surface area contributed by atoms with E-state index in [0.29, 0.717) is 13.2 Å². The first-order valence-corrected chi connectivity index (χ1v) is 7.20. The molecule has 1 aromatic carbocycles. The van der Waals surface area contributed by atoms with E-state index in [9.17, 15) is 4.79 Å². The summed E-state index contributed by atoms with van der Waals surface area (Å²) in [7, 11) is 0. The Bertz CT molecular complexity index is 434. The van der Waals surface area contributed by atoms with Crippen molar-refractivity contribution in [3.8, 4) is 5.75 Å². The smallest absolute Gasteiger partial charge is 0.241 e. The summed E-state index contributed by atoms with van der Waals surface area (Å²) in [5, 5.41) is 0. The van der Waals surface area contributed by atoms with Crippen LogP contribution in [-0.4, -0.2) is 23.9 Å². The van der Waals surface area contributed by atoms with Crippen molar-refractivity contribution in [1.82, 2.24) is 0 Å². The highest BCUT2D eigenvalue weighted by atomic mass is 79.9. The molecule has 0 aromatic heterocycles. The maximum Gasteiger partial charge on any atom is 0.241 e. The molecule has 98 valence electrons. The number of nitrogens with zero attached hydrogens (tertiary/aromatic N) is 1. The molecule has 0 saturated carbocycles. The summed E-state index contributed by atoms with van der Waals surface area (Å²) < 4.78 is 5.66. The van der Waals surface area contributed by atoms with Crippen LogP contribution in [-0.2, 0) is 4.79 Å². The number of benzene rings is 1. The van der Waals surface area contributed by atoms with E-state index in [0.717, 1.165) is 17.9 Å². The number of halogens is 1. The van der Waals surface area contributed by atoms with Crippen LogP contribution in [0.4, 0.5) is 5.69 Å². The largest absolute Gasteiger partial charge is 0.491 e. The summed E-state index contributed by atoms with van der Waals surface area (Å²) in [5.41, 5.74) is 0.880. The van der Waals surface area contributed by atoms with Gasteiger partial charge in [0.1, 0.15) is 5.75 Å². The van der Waals surface area contributed by atoms with Crippen molar-refractivity contribution in [2.75, 3.05) is 18.1 Å². The standard InChI is InChI=1S/C14H18BrNO2/c1-10(2)13(15)14(17)16-8-5-9-18-12-7-4-3-6-11(12)16/h3-4,6-7,10,13H,5,8-9H2,1-2H3. The molecule has 0 aliphatic carbocycles. The number of para-hydroxylation sites is 2. The highest BCUT2D eigenvalue weighted by molar-refractivity contribution is 9.10. The molecule has 0 fully saturated rings. The van der Waals surface area contributed by atoms with Crippen LogP contribution in [0, 0.1) is 5.92 Å². The fourth-order valence-electron chi connectivity index (χ4n) is 1.99. The van der Waals surface area contributed by atoms with E-state index in [1.165, 1.54) is 0 Å². The van der Waals surface area contributed by atoms with Crippen molar-refractivity contribution in [3.05, 3.63) is 24.3 Å². The summed E-state index contributed by atoms with van der Waals surface area (Å²) in [6.07, 6.45) is 0.859. The second kappa shape index (κ2) is 5.74. The minimum absolute atomic E-state index is 0.114. The maximum atomic E-state index is 12.5. The lowest BCUT2D eigenvalue weighted by atomic mass is 10.1. The zero-order valence-corrected chi connectivity index (χ0v) is 12.3. The van der Waals surface area contributed by atoms with Gasteiger partial charge in [0.05, 0.1) is 17.1 Å². The molecule has 2 rings (SSSR count). The van der Waals surface area contributed by atoms with Gasteiger partial charge in [-0.25, -0.2) is 0 Å². The predicted molar refractivity (Wildman–Crippen MR) is 76.5 cm³/mol. The second-order valence-electron chi connectivity index (χ2n) is 4.81. The zero-order valence-electron chi connectivity index (χ0n) is 10.7. The number of rotatable bonds is 2. The Balaban J connectivity index is 2.30. The number of anilines is 1. The average Bonchev–Trinajstić information content (AvgIpc) is 2.59. The molecule has 4 heteroatoms. The van der Waals surface area contributed by atoms with Gasteiger partial charge in [-0.2, -0.15) is 0 Å². The van der Waals surface area contributed by atoms with Crippen molar-refractivity contribution in [2.24, 2.45) is 5.92 Å². The summed E-state index contributed by atoms with van der Waals surface area (Å²) >= 11 is 3.49. The zero-order chi connectivity index (χ0) is 13.1. The molecule has 1 heterocycles. The van der Waals surface area contributed by atoms with Crippen LogP contribution in [0.2, 0.25) is 0 Å². The molecule has 0 radical (unpaired) electrons. The molecular weight excluding hydrogens is 294 g/mol. The monoisotopic (exact) mass is 311 g/mol. The third-order valence-corrected chi connectivity index (χ3v) is 4.48. The Morgan fingerprint density at radius 3 is 2.83 bits per heavy atom. The van der Waals surface area contributed by atoms with Crippen LogP contribution in [0.5, 0.6) is 5.75 Å². The molecule has 0 spiro atoms. The SMILES string of the molecule is CC(C)C(Br)C(=O)N1CCCOc2ccccc21. The van der Waals surface area contributed by atoms with Crippen LogP contribution in [0.1, 0.15) is 20.3 Å². The number of amides is 1. The fourth-order valence-corrected chi connectivity index (χ4v) is 2.24. The number of fused-ring (bicyclic) bond motifs is 1. The van der Waals surface area contributed by atoms with Crippen LogP contribution < -0.4 is 9.64 Å². The fraction of sp³-hybridized carbons (Fsp3) is 0.500. The van der Waals surface area contributed by atoms with E-state index in [4.69, 9.17) is 4.74 Å². The third-order valence-electron chi connectivity index (χ3n) is 3.03. The Hall–Kier alpha value is -1.03. The van der Waals surface area contributed by atoms with Gasteiger partial charge in [0.25, 0.3) is 0 Å². The summed E-state index contributed by atoms with van der Waals surface area (Å²) in [4.78, 5) is 14.2. The van der Waals surface area contributed by atoms with E-state index in [2.05, 4.69) is 15.9 Å². The quantitative estimate of drug-likeness (QED) is 0.785. The van der Waals surface area contributed by atoms with Crippen molar-refractivity contribution in [3.63, 3.8) is 0 Å². The van der Waals surface area contributed by atoms with Crippen LogP contribution >= 0.6 is 15.9 Å². The molecule has 0 saturated heterocycles. The molecule has 1 amide bonds. The summed E-state index contributed by atoms with van der Waals surface area (Å²) in [6.45, 7) is 5.45. The number of carbonyl (C=O) groups excluding carboxylic acids is 1. The van der Waals surface area contributed by atoms with Crippen molar-refractivity contribution in [2.45, 2.75) is 25.1 Å². The van der Waals surface area contributed by atoms with E-state index in [1.807, 2.05) is 43.0 Å². The van der Waals surface area contributed by atoms with Crippen LogP contribution in [0.15, 0.2) is 24.3 Å². The third kappa shape index (κ3) is 2.69. The van der Waals surface area contributed by atoms with E-state index in [-0.39, 0.29) is 16.7 Å².